The third-order valence-electron chi connectivity index (χ3n) is 1.87. The van der Waals surface area contributed by atoms with Gasteiger partial charge >= 0.3 is 0 Å². The smallest absolute Gasteiger partial charge is 0.168 e. The lowest BCUT2D eigenvalue weighted by Crippen LogP contribution is -2.18. The minimum absolute atomic E-state index is 0.264. The SMILES string of the molecule is Cc1nc2ccc(NC(N)=S)cc2[nH]1. The van der Waals surface area contributed by atoms with Crippen molar-refractivity contribution in [3.05, 3.63) is 24.0 Å². The summed E-state index contributed by atoms with van der Waals surface area (Å²) >= 11 is 4.75. The molecule has 4 nitrogen and oxygen atoms in total. The Morgan fingerprint density at radius 2 is 2.36 bits per heavy atom. The van der Waals surface area contributed by atoms with E-state index in [1.54, 1.807) is 0 Å². The molecular weight excluding hydrogens is 196 g/mol. The number of aromatic nitrogens is 2. The van der Waals surface area contributed by atoms with E-state index >= 15 is 0 Å². The Bertz CT molecular complexity index is 489. The van der Waals surface area contributed by atoms with E-state index in [9.17, 15) is 0 Å². The van der Waals surface area contributed by atoms with Crippen molar-refractivity contribution in [2.75, 3.05) is 5.32 Å². The fourth-order valence-corrected chi connectivity index (χ4v) is 1.48. The first-order chi connectivity index (χ1) is 6.65. The average Bonchev–Trinajstić information content (AvgIpc) is 2.42. The van der Waals surface area contributed by atoms with Crippen molar-refractivity contribution in [2.24, 2.45) is 5.73 Å². The number of fused-ring (bicyclic) bond motifs is 1. The Kier molecular flexibility index (Phi) is 2.09. The molecule has 0 radical (unpaired) electrons. The highest BCUT2D eigenvalue weighted by molar-refractivity contribution is 7.80. The molecule has 14 heavy (non-hydrogen) atoms. The van der Waals surface area contributed by atoms with Crippen LogP contribution in [0.1, 0.15) is 5.82 Å². The fourth-order valence-electron chi connectivity index (χ4n) is 1.36. The molecular formula is C9H10N4S. The summed E-state index contributed by atoms with van der Waals surface area (Å²) < 4.78 is 0. The Morgan fingerprint density at radius 3 is 3.07 bits per heavy atom. The van der Waals surface area contributed by atoms with Gasteiger partial charge in [0, 0.05) is 5.69 Å². The van der Waals surface area contributed by atoms with Crippen molar-refractivity contribution >= 4 is 34.1 Å². The third kappa shape index (κ3) is 1.67. The number of anilines is 1. The minimum Gasteiger partial charge on any atom is -0.376 e. The van der Waals surface area contributed by atoms with E-state index < -0.39 is 0 Å². The van der Waals surface area contributed by atoms with Crippen LogP contribution in [0.5, 0.6) is 0 Å². The predicted octanol–water partition coefficient (Wildman–Crippen LogP) is 1.53. The molecule has 0 unspecified atom stereocenters. The molecule has 72 valence electrons. The van der Waals surface area contributed by atoms with Gasteiger partial charge in [0.25, 0.3) is 0 Å². The number of H-pyrrole nitrogens is 1. The summed E-state index contributed by atoms with van der Waals surface area (Å²) in [6.45, 7) is 1.92. The van der Waals surface area contributed by atoms with Crippen molar-refractivity contribution in [1.29, 1.82) is 0 Å². The second kappa shape index (κ2) is 3.26. The van der Waals surface area contributed by atoms with Crippen LogP contribution in [-0.4, -0.2) is 15.1 Å². The Morgan fingerprint density at radius 1 is 1.57 bits per heavy atom. The van der Waals surface area contributed by atoms with E-state index in [0.29, 0.717) is 0 Å². The molecule has 2 aromatic rings. The number of nitrogens with zero attached hydrogens (tertiary/aromatic N) is 1. The fraction of sp³-hybridized carbons (Fsp3) is 0.111. The Balaban J connectivity index is 2.45. The Hall–Kier alpha value is -1.62. The van der Waals surface area contributed by atoms with E-state index in [0.717, 1.165) is 22.5 Å². The highest BCUT2D eigenvalue weighted by Gasteiger charge is 2.00. The van der Waals surface area contributed by atoms with Crippen molar-refractivity contribution in [3.63, 3.8) is 0 Å². The number of aromatic amines is 1. The van der Waals surface area contributed by atoms with Gasteiger partial charge in [0.15, 0.2) is 5.11 Å². The first-order valence-electron chi connectivity index (χ1n) is 4.18. The summed E-state index contributed by atoms with van der Waals surface area (Å²) in [5, 5.41) is 3.13. The number of imidazole rings is 1. The summed E-state index contributed by atoms with van der Waals surface area (Å²) in [6.07, 6.45) is 0. The van der Waals surface area contributed by atoms with Gasteiger partial charge in [0.2, 0.25) is 0 Å². The predicted molar refractivity (Wildman–Crippen MR) is 61.2 cm³/mol. The molecule has 1 heterocycles. The van der Waals surface area contributed by atoms with Gasteiger partial charge in [-0.25, -0.2) is 4.98 Å². The minimum atomic E-state index is 0.264. The van der Waals surface area contributed by atoms with Crippen LogP contribution in [0.25, 0.3) is 11.0 Å². The topological polar surface area (TPSA) is 66.7 Å². The third-order valence-corrected chi connectivity index (χ3v) is 1.97. The molecule has 0 amide bonds. The molecule has 4 N–H and O–H groups in total. The zero-order valence-electron chi connectivity index (χ0n) is 7.66. The van der Waals surface area contributed by atoms with Crippen LogP contribution in [0, 0.1) is 6.92 Å². The quantitative estimate of drug-likeness (QED) is 0.619. The molecule has 0 saturated carbocycles. The highest BCUT2D eigenvalue weighted by atomic mass is 32.1. The number of hydrogen-bond acceptors (Lipinski definition) is 2. The molecule has 0 bridgehead atoms. The average molecular weight is 206 g/mol. The van der Waals surface area contributed by atoms with Crippen LogP contribution < -0.4 is 11.1 Å². The normalized spacial score (nSPS) is 10.4. The van der Waals surface area contributed by atoms with Gasteiger partial charge in [-0.15, -0.1) is 0 Å². The number of rotatable bonds is 1. The van der Waals surface area contributed by atoms with Crippen LogP contribution in [0.2, 0.25) is 0 Å². The highest BCUT2D eigenvalue weighted by Crippen LogP contribution is 2.16. The van der Waals surface area contributed by atoms with E-state index in [2.05, 4.69) is 15.3 Å². The second-order valence-electron chi connectivity index (χ2n) is 3.04. The summed E-state index contributed by atoms with van der Waals surface area (Å²) in [5.41, 5.74) is 8.15. The lowest BCUT2D eigenvalue weighted by atomic mass is 10.3. The van der Waals surface area contributed by atoms with Gasteiger partial charge in [-0.2, -0.15) is 0 Å². The van der Waals surface area contributed by atoms with Crippen LogP contribution in [0.15, 0.2) is 18.2 Å². The number of benzene rings is 1. The molecule has 0 saturated heterocycles. The van der Waals surface area contributed by atoms with Crippen molar-refractivity contribution in [2.45, 2.75) is 6.92 Å². The zero-order valence-corrected chi connectivity index (χ0v) is 8.48. The summed E-state index contributed by atoms with van der Waals surface area (Å²) in [4.78, 5) is 7.42. The molecule has 0 fully saturated rings. The van der Waals surface area contributed by atoms with Crippen LogP contribution in [-0.2, 0) is 0 Å². The van der Waals surface area contributed by atoms with Crippen molar-refractivity contribution < 1.29 is 0 Å². The van der Waals surface area contributed by atoms with Gasteiger partial charge in [-0.3, -0.25) is 0 Å². The van der Waals surface area contributed by atoms with E-state index in [4.69, 9.17) is 18.0 Å². The van der Waals surface area contributed by atoms with Crippen molar-refractivity contribution in [1.82, 2.24) is 9.97 Å². The molecule has 2 rings (SSSR count). The summed E-state index contributed by atoms with van der Waals surface area (Å²) in [5.74, 6) is 0.896. The second-order valence-corrected chi connectivity index (χ2v) is 3.48. The van der Waals surface area contributed by atoms with Gasteiger partial charge in [0.05, 0.1) is 11.0 Å². The van der Waals surface area contributed by atoms with Crippen LogP contribution >= 0.6 is 12.2 Å². The molecule has 1 aromatic heterocycles. The molecule has 0 aliphatic rings. The first-order valence-corrected chi connectivity index (χ1v) is 4.59. The molecule has 0 spiro atoms. The maximum Gasteiger partial charge on any atom is 0.168 e. The molecule has 5 heteroatoms. The van der Waals surface area contributed by atoms with Gasteiger partial charge < -0.3 is 16.0 Å². The number of hydrogen-bond donors (Lipinski definition) is 3. The van der Waals surface area contributed by atoms with Gasteiger partial charge in [-0.05, 0) is 37.3 Å². The number of aryl methyl sites for hydroxylation is 1. The van der Waals surface area contributed by atoms with Gasteiger partial charge in [-0.1, -0.05) is 0 Å². The molecule has 0 aliphatic heterocycles. The standard InChI is InChI=1S/C9H10N4S/c1-5-11-7-3-2-6(13-9(10)14)4-8(7)12-5/h2-4H,1H3,(H,11,12)(H3,10,13,14). The lowest BCUT2D eigenvalue weighted by molar-refractivity contribution is 1.17. The Labute approximate surface area is 86.5 Å². The number of nitrogens with one attached hydrogen (secondary N) is 2. The first kappa shape index (κ1) is 8.96. The molecule has 0 aliphatic carbocycles. The molecule has 0 atom stereocenters. The summed E-state index contributed by atoms with van der Waals surface area (Å²) in [6, 6.07) is 5.73. The monoisotopic (exact) mass is 206 g/mol. The van der Waals surface area contributed by atoms with E-state index in [-0.39, 0.29) is 5.11 Å². The maximum atomic E-state index is 5.37. The van der Waals surface area contributed by atoms with Crippen LogP contribution in [0.4, 0.5) is 5.69 Å². The zero-order chi connectivity index (χ0) is 10.1. The van der Waals surface area contributed by atoms with E-state index in [1.807, 2.05) is 25.1 Å². The lowest BCUT2D eigenvalue weighted by Gasteiger charge is -2.02. The largest absolute Gasteiger partial charge is 0.376 e. The maximum absolute atomic E-state index is 5.37. The summed E-state index contributed by atoms with van der Waals surface area (Å²) in [7, 11) is 0. The van der Waals surface area contributed by atoms with Gasteiger partial charge in [0.1, 0.15) is 5.82 Å². The van der Waals surface area contributed by atoms with Crippen LogP contribution in [0.3, 0.4) is 0 Å². The number of thiocarbonyl (C=S) groups is 1. The number of nitrogens with two attached hydrogens (primary N) is 1. The van der Waals surface area contributed by atoms with Crippen molar-refractivity contribution in [3.8, 4) is 0 Å². The molecule has 1 aromatic carbocycles. The van der Waals surface area contributed by atoms with E-state index in [1.165, 1.54) is 0 Å².